The van der Waals surface area contributed by atoms with Crippen LogP contribution in [0.1, 0.15) is 31.4 Å². The van der Waals surface area contributed by atoms with Crippen LogP contribution >= 0.6 is 11.6 Å². The van der Waals surface area contributed by atoms with E-state index in [1.807, 2.05) is 24.3 Å². The van der Waals surface area contributed by atoms with E-state index >= 15 is 0 Å². The molecule has 0 saturated carbocycles. The summed E-state index contributed by atoms with van der Waals surface area (Å²) in [6, 6.07) is 8.26. The Labute approximate surface area is 113 Å². The summed E-state index contributed by atoms with van der Waals surface area (Å²) in [5.41, 5.74) is 1.17. The van der Waals surface area contributed by atoms with E-state index in [1.165, 1.54) is 5.56 Å². The number of halogens is 1. The summed E-state index contributed by atoms with van der Waals surface area (Å²) >= 11 is 5.85. The number of sulfone groups is 1. The highest BCUT2D eigenvalue weighted by Gasteiger charge is 2.24. The molecule has 1 heterocycles. The third-order valence-electron chi connectivity index (χ3n) is 3.41. The average Bonchev–Trinajstić information content (AvgIpc) is 2.33. The van der Waals surface area contributed by atoms with Crippen LogP contribution < -0.4 is 5.32 Å². The maximum Gasteiger partial charge on any atom is 0.150 e. The first-order chi connectivity index (χ1) is 8.46. The lowest BCUT2D eigenvalue weighted by molar-refractivity contribution is 0.420. The van der Waals surface area contributed by atoms with E-state index in [1.54, 1.807) is 0 Å². The molecule has 1 aliphatic heterocycles. The van der Waals surface area contributed by atoms with Crippen LogP contribution in [0.25, 0.3) is 0 Å². The number of hydrogen-bond donors (Lipinski definition) is 1. The Balaban J connectivity index is 1.92. The van der Waals surface area contributed by atoms with E-state index in [0.29, 0.717) is 30.4 Å². The molecule has 1 aromatic rings. The molecule has 0 amide bonds. The fraction of sp³-hybridized carbons (Fsp3) is 0.538. The molecular formula is C13H18ClNO2S. The van der Waals surface area contributed by atoms with E-state index < -0.39 is 9.84 Å². The van der Waals surface area contributed by atoms with Gasteiger partial charge in [-0.05, 0) is 37.5 Å². The molecule has 0 unspecified atom stereocenters. The summed E-state index contributed by atoms with van der Waals surface area (Å²) in [6.07, 6.45) is 1.42. The highest BCUT2D eigenvalue weighted by molar-refractivity contribution is 7.91. The molecule has 18 heavy (non-hydrogen) atoms. The summed E-state index contributed by atoms with van der Waals surface area (Å²) < 4.78 is 22.7. The predicted octanol–water partition coefficient (Wildman–Crippen LogP) is 2.57. The second-order valence-electron chi connectivity index (χ2n) is 4.87. The van der Waals surface area contributed by atoms with Crippen LogP contribution in [0, 0.1) is 0 Å². The molecule has 100 valence electrons. The first kappa shape index (κ1) is 13.8. The molecule has 2 rings (SSSR count). The van der Waals surface area contributed by atoms with Gasteiger partial charge in [-0.1, -0.05) is 23.7 Å². The minimum atomic E-state index is -2.78. The Hall–Kier alpha value is -0.580. The van der Waals surface area contributed by atoms with Gasteiger partial charge in [-0.2, -0.15) is 0 Å². The van der Waals surface area contributed by atoms with Crippen LogP contribution in [-0.4, -0.2) is 26.0 Å². The lowest BCUT2D eigenvalue weighted by atomic mass is 10.1. The van der Waals surface area contributed by atoms with Crippen LogP contribution in [0.5, 0.6) is 0 Å². The zero-order chi connectivity index (χ0) is 13.2. The number of nitrogens with one attached hydrogen (secondary N) is 1. The van der Waals surface area contributed by atoms with Gasteiger partial charge < -0.3 is 5.32 Å². The third kappa shape index (κ3) is 3.70. The topological polar surface area (TPSA) is 46.2 Å². The molecule has 0 bridgehead atoms. The van der Waals surface area contributed by atoms with Gasteiger partial charge in [0.1, 0.15) is 9.84 Å². The van der Waals surface area contributed by atoms with Crippen LogP contribution in [0.4, 0.5) is 0 Å². The summed E-state index contributed by atoms with van der Waals surface area (Å²) in [5, 5.41) is 4.22. The van der Waals surface area contributed by atoms with Gasteiger partial charge in [-0.15, -0.1) is 0 Å². The van der Waals surface area contributed by atoms with Crippen molar-refractivity contribution in [2.75, 3.05) is 11.5 Å². The van der Waals surface area contributed by atoms with Crippen molar-refractivity contribution in [3.63, 3.8) is 0 Å². The predicted molar refractivity (Wildman–Crippen MR) is 74.7 cm³/mol. The molecule has 0 spiro atoms. The first-order valence-corrected chi connectivity index (χ1v) is 8.38. The van der Waals surface area contributed by atoms with Gasteiger partial charge >= 0.3 is 0 Å². The summed E-state index contributed by atoms with van der Waals surface area (Å²) in [4.78, 5) is 0. The molecule has 0 aliphatic carbocycles. The summed E-state index contributed by atoms with van der Waals surface area (Å²) in [5.74, 6) is 0.607. The smallest absolute Gasteiger partial charge is 0.150 e. The molecule has 1 aromatic carbocycles. The lowest BCUT2D eigenvalue weighted by Crippen LogP contribution is -2.38. The van der Waals surface area contributed by atoms with Crippen LogP contribution in [0.2, 0.25) is 5.02 Å². The monoisotopic (exact) mass is 287 g/mol. The minimum absolute atomic E-state index is 0.216. The summed E-state index contributed by atoms with van der Waals surface area (Å²) in [6.45, 7) is 2.09. The fourth-order valence-corrected chi connectivity index (χ4v) is 3.88. The second-order valence-corrected chi connectivity index (χ2v) is 7.61. The Morgan fingerprint density at radius 3 is 2.33 bits per heavy atom. The number of rotatable bonds is 3. The Morgan fingerprint density at radius 1 is 1.22 bits per heavy atom. The van der Waals surface area contributed by atoms with E-state index in [9.17, 15) is 8.42 Å². The molecule has 3 nitrogen and oxygen atoms in total. The maximum atomic E-state index is 11.3. The SMILES string of the molecule is C[C@H](NC1CCS(=O)(=O)CC1)c1ccc(Cl)cc1. The van der Waals surface area contributed by atoms with Gasteiger partial charge in [-0.3, -0.25) is 0 Å². The van der Waals surface area contributed by atoms with Gasteiger partial charge in [0.2, 0.25) is 0 Å². The third-order valence-corrected chi connectivity index (χ3v) is 5.38. The van der Waals surface area contributed by atoms with Crippen molar-refractivity contribution in [3.8, 4) is 0 Å². The second kappa shape index (κ2) is 5.59. The zero-order valence-electron chi connectivity index (χ0n) is 10.4. The Kier molecular flexibility index (Phi) is 4.30. The quantitative estimate of drug-likeness (QED) is 0.929. The Bertz CT molecular complexity index is 484. The largest absolute Gasteiger partial charge is 0.307 e. The van der Waals surface area contributed by atoms with Gasteiger partial charge in [-0.25, -0.2) is 8.42 Å². The van der Waals surface area contributed by atoms with Crippen LogP contribution in [-0.2, 0) is 9.84 Å². The number of hydrogen-bond acceptors (Lipinski definition) is 3. The maximum absolute atomic E-state index is 11.3. The van der Waals surface area contributed by atoms with E-state index in [0.717, 1.165) is 5.02 Å². The molecule has 5 heteroatoms. The van der Waals surface area contributed by atoms with Gasteiger partial charge in [0.25, 0.3) is 0 Å². The van der Waals surface area contributed by atoms with Crippen LogP contribution in [0.3, 0.4) is 0 Å². The lowest BCUT2D eigenvalue weighted by Gasteiger charge is -2.26. The van der Waals surface area contributed by atoms with Crippen molar-refractivity contribution in [1.29, 1.82) is 0 Å². The molecular weight excluding hydrogens is 270 g/mol. The van der Waals surface area contributed by atoms with Crippen LogP contribution in [0.15, 0.2) is 24.3 Å². The highest BCUT2D eigenvalue weighted by Crippen LogP contribution is 2.19. The molecule has 1 aliphatic rings. The van der Waals surface area contributed by atoms with Crippen molar-refractivity contribution in [2.24, 2.45) is 0 Å². The molecule has 1 saturated heterocycles. The zero-order valence-corrected chi connectivity index (χ0v) is 12.0. The number of benzene rings is 1. The Morgan fingerprint density at radius 2 is 1.78 bits per heavy atom. The van der Waals surface area contributed by atoms with E-state index in [-0.39, 0.29) is 6.04 Å². The van der Waals surface area contributed by atoms with Gasteiger partial charge in [0.05, 0.1) is 11.5 Å². The molecule has 0 radical (unpaired) electrons. The van der Waals surface area contributed by atoms with E-state index in [2.05, 4.69) is 12.2 Å². The molecule has 0 aromatic heterocycles. The normalized spacial score (nSPS) is 21.7. The van der Waals surface area contributed by atoms with Crippen molar-refractivity contribution >= 4 is 21.4 Å². The average molecular weight is 288 g/mol. The molecule has 1 fully saturated rings. The molecule has 1 atom stereocenters. The minimum Gasteiger partial charge on any atom is -0.307 e. The molecule has 1 N–H and O–H groups in total. The summed E-state index contributed by atoms with van der Waals surface area (Å²) in [7, 11) is -2.78. The fourth-order valence-electron chi connectivity index (χ4n) is 2.26. The van der Waals surface area contributed by atoms with Crippen molar-refractivity contribution in [3.05, 3.63) is 34.9 Å². The van der Waals surface area contributed by atoms with Gasteiger partial charge in [0.15, 0.2) is 0 Å². The van der Waals surface area contributed by atoms with Crippen molar-refractivity contribution < 1.29 is 8.42 Å². The van der Waals surface area contributed by atoms with Crippen molar-refractivity contribution in [2.45, 2.75) is 31.8 Å². The highest BCUT2D eigenvalue weighted by atomic mass is 35.5. The first-order valence-electron chi connectivity index (χ1n) is 6.18. The standard InChI is InChI=1S/C13H18ClNO2S/c1-10(11-2-4-12(14)5-3-11)15-13-6-8-18(16,17)9-7-13/h2-5,10,13,15H,6-9H2,1H3/t10-/m0/s1. The van der Waals surface area contributed by atoms with Gasteiger partial charge in [0, 0.05) is 17.1 Å². The van der Waals surface area contributed by atoms with E-state index in [4.69, 9.17) is 11.6 Å². The van der Waals surface area contributed by atoms with Crippen molar-refractivity contribution in [1.82, 2.24) is 5.32 Å².